The van der Waals surface area contributed by atoms with E-state index in [-0.39, 0.29) is 0 Å². The quantitative estimate of drug-likeness (QED) is 0.874. The fourth-order valence-electron chi connectivity index (χ4n) is 3.57. The smallest absolute Gasteiger partial charge is 0.240 e. The highest BCUT2D eigenvalue weighted by Gasteiger charge is 2.41. The van der Waals surface area contributed by atoms with Gasteiger partial charge in [0, 0.05) is 31.5 Å². The highest BCUT2D eigenvalue weighted by molar-refractivity contribution is 5.30. The van der Waals surface area contributed by atoms with Crippen molar-refractivity contribution < 1.29 is 0 Å². The van der Waals surface area contributed by atoms with Gasteiger partial charge in [0.05, 0.1) is 0 Å². The molecule has 3 aliphatic rings. The van der Waals surface area contributed by atoms with E-state index in [1.54, 1.807) is 0 Å². The number of anilines is 1. The number of hydrazine groups is 1. The van der Waals surface area contributed by atoms with Crippen molar-refractivity contribution in [3.05, 3.63) is 18.5 Å². The first-order valence-corrected chi connectivity index (χ1v) is 7.43. The van der Waals surface area contributed by atoms with Crippen LogP contribution in [0.3, 0.4) is 0 Å². The molecule has 2 aliphatic heterocycles. The molecule has 1 N–H and O–H groups in total. The van der Waals surface area contributed by atoms with E-state index in [4.69, 9.17) is 0 Å². The van der Waals surface area contributed by atoms with Crippen molar-refractivity contribution in [3.63, 3.8) is 0 Å². The summed E-state index contributed by atoms with van der Waals surface area (Å²) in [7, 11) is 0. The SMILES string of the molecule is c1cnc(N(C2CCC2)N2CC3CNCC3C2)nc1. The van der Waals surface area contributed by atoms with Gasteiger partial charge in [-0.05, 0) is 50.3 Å². The van der Waals surface area contributed by atoms with Crippen LogP contribution in [0.25, 0.3) is 0 Å². The van der Waals surface area contributed by atoms with Gasteiger partial charge in [0.2, 0.25) is 5.95 Å². The first kappa shape index (κ1) is 11.6. The predicted molar refractivity (Wildman–Crippen MR) is 73.6 cm³/mol. The third-order valence-electron chi connectivity index (χ3n) is 4.85. The molecule has 4 rings (SSSR count). The zero-order chi connectivity index (χ0) is 12.7. The third-order valence-corrected chi connectivity index (χ3v) is 4.85. The lowest BCUT2D eigenvalue weighted by atomic mass is 9.92. The van der Waals surface area contributed by atoms with E-state index in [1.807, 2.05) is 18.5 Å². The van der Waals surface area contributed by atoms with Gasteiger partial charge in [-0.2, -0.15) is 0 Å². The summed E-state index contributed by atoms with van der Waals surface area (Å²) < 4.78 is 0. The van der Waals surface area contributed by atoms with E-state index < -0.39 is 0 Å². The predicted octanol–water partition coefficient (Wildman–Crippen LogP) is 0.902. The molecule has 3 fully saturated rings. The maximum Gasteiger partial charge on any atom is 0.240 e. The molecule has 0 bridgehead atoms. The number of nitrogens with zero attached hydrogens (tertiary/aromatic N) is 4. The molecule has 0 radical (unpaired) electrons. The largest absolute Gasteiger partial charge is 0.316 e. The van der Waals surface area contributed by atoms with Crippen molar-refractivity contribution in [3.8, 4) is 0 Å². The summed E-state index contributed by atoms with van der Waals surface area (Å²) in [6.45, 7) is 4.67. The van der Waals surface area contributed by atoms with Gasteiger partial charge in [0.15, 0.2) is 0 Å². The minimum atomic E-state index is 0.620. The van der Waals surface area contributed by atoms with E-state index in [1.165, 1.54) is 32.4 Å². The molecule has 0 aromatic carbocycles. The van der Waals surface area contributed by atoms with Crippen molar-refractivity contribution in [1.82, 2.24) is 20.3 Å². The second-order valence-corrected chi connectivity index (χ2v) is 6.03. The van der Waals surface area contributed by atoms with Gasteiger partial charge in [-0.25, -0.2) is 15.0 Å². The van der Waals surface area contributed by atoms with E-state index in [2.05, 4.69) is 25.3 Å². The van der Waals surface area contributed by atoms with Crippen LogP contribution in [-0.4, -0.2) is 47.2 Å². The van der Waals surface area contributed by atoms with Crippen molar-refractivity contribution in [2.75, 3.05) is 31.2 Å². The van der Waals surface area contributed by atoms with E-state index in [0.717, 1.165) is 30.9 Å². The van der Waals surface area contributed by atoms with Crippen LogP contribution in [0, 0.1) is 11.8 Å². The van der Waals surface area contributed by atoms with Crippen LogP contribution >= 0.6 is 0 Å². The molecule has 5 heteroatoms. The summed E-state index contributed by atoms with van der Waals surface area (Å²) >= 11 is 0. The average molecular weight is 259 g/mol. The Kier molecular flexibility index (Phi) is 2.89. The van der Waals surface area contributed by atoms with Gasteiger partial charge in [0.25, 0.3) is 0 Å². The maximum absolute atomic E-state index is 4.48. The van der Waals surface area contributed by atoms with Crippen LogP contribution in [0.5, 0.6) is 0 Å². The molecular formula is C14H21N5. The summed E-state index contributed by atoms with van der Waals surface area (Å²) in [5.41, 5.74) is 0. The molecular weight excluding hydrogens is 238 g/mol. The molecule has 1 saturated carbocycles. The van der Waals surface area contributed by atoms with Crippen molar-refractivity contribution in [2.45, 2.75) is 25.3 Å². The molecule has 19 heavy (non-hydrogen) atoms. The monoisotopic (exact) mass is 259 g/mol. The molecule has 0 amide bonds. The summed E-state index contributed by atoms with van der Waals surface area (Å²) in [6, 6.07) is 2.51. The molecule has 2 unspecified atom stereocenters. The molecule has 5 nitrogen and oxygen atoms in total. The van der Waals surface area contributed by atoms with E-state index in [9.17, 15) is 0 Å². The summed E-state index contributed by atoms with van der Waals surface area (Å²) in [4.78, 5) is 8.96. The minimum Gasteiger partial charge on any atom is -0.316 e. The average Bonchev–Trinajstić information content (AvgIpc) is 2.95. The fraction of sp³-hybridized carbons (Fsp3) is 0.714. The van der Waals surface area contributed by atoms with Crippen LogP contribution < -0.4 is 10.3 Å². The number of hydrogen-bond acceptors (Lipinski definition) is 5. The van der Waals surface area contributed by atoms with Gasteiger partial charge in [-0.3, -0.25) is 5.01 Å². The summed E-state index contributed by atoms with van der Waals surface area (Å²) in [5.74, 6) is 2.51. The van der Waals surface area contributed by atoms with Crippen LogP contribution in [-0.2, 0) is 0 Å². The highest BCUT2D eigenvalue weighted by atomic mass is 15.7. The lowest BCUT2D eigenvalue weighted by Gasteiger charge is -2.42. The highest BCUT2D eigenvalue weighted by Crippen LogP contribution is 2.34. The number of hydrogen-bond donors (Lipinski definition) is 1. The zero-order valence-corrected chi connectivity index (χ0v) is 11.2. The lowest BCUT2D eigenvalue weighted by molar-refractivity contribution is 0.205. The van der Waals surface area contributed by atoms with Crippen LogP contribution in [0.2, 0.25) is 0 Å². The summed E-state index contributed by atoms with van der Waals surface area (Å²) in [5, 5.41) is 8.40. The topological polar surface area (TPSA) is 44.3 Å². The Morgan fingerprint density at radius 1 is 1.11 bits per heavy atom. The Morgan fingerprint density at radius 2 is 1.79 bits per heavy atom. The van der Waals surface area contributed by atoms with Crippen LogP contribution in [0.4, 0.5) is 5.95 Å². The second kappa shape index (κ2) is 4.72. The van der Waals surface area contributed by atoms with E-state index >= 15 is 0 Å². The minimum absolute atomic E-state index is 0.620. The maximum atomic E-state index is 4.48. The first-order chi connectivity index (χ1) is 9.42. The molecule has 2 saturated heterocycles. The standard InChI is InChI=1S/C14H21N5/c1-3-13(4-1)19(14-16-5-2-6-17-14)18-9-11-7-15-8-12(11)10-18/h2,5-6,11-13,15H,1,3-4,7-10H2. The van der Waals surface area contributed by atoms with Crippen molar-refractivity contribution >= 4 is 5.95 Å². The van der Waals surface area contributed by atoms with Crippen molar-refractivity contribution in [1.29, 1.82) is 0 Å². The third kappa shape index (κ3) is 2.01. The molecule has 1 aliphatic carbocycles. The van der Waals surface area contributed by atoms with Gasteiger partial charge < -0.3 is 5.32 Å². The number of rotatable bonds is 3. The zero-order valence-electron chi connectivity index (χ0n) is 11.2. The van der Waals surface area contributed by atoms with Gasteiger partial charge in [-0.1, -0.05) is 0 Å². The van der Waals surface area contributed by atoms with Crippen LogP contribution in [0.1, 0.15) is 19.3 Å². The first-order valence-electron chi connectivity index (χ1n) is 7.43. The Balaban J connectivity index is 1.57. The van der Waals surface area contributed by atoms with Gasteiger partial charge in [-0.15, -0.1) is 0 Å². The molecule has 0 spiro atoms. The molecule has 2 atom stereocenters. The Bertz CT molecular complexity index is 421. The molecule has 1 aromatic rings. The Hall–Kier alpha value is -1.20. The second-order valence-electron chi connectivity index (χ2n) is 6.03. The molecule has 102 valence electrons. The van der Waals surface area contributed by atoms with E-state index in [0.29, 0.717) is 6.04 Å². The normalized spacial score (nSPS) is 31.2. The van der Waals surface area contributed by atoms with Gasteiger partial charge >= 0.3 is 0 Å². The number of fused-ring (bicyclic) bond motifs is 1. The van der Waals surface area contributed by atoms with Gasteiger partial charge in [0.1, 0.15) is 0 Å². The lowest BCUT2D eigenvalue weighted by Crippen LogP contribution is -2.52. The number of aromatic nitrogens is 2. The molecule has 1 aromatic heterocycles. The number of nitrogens with one attached hydrogen (secondary N) is 1. The Labute approximate surface area is 114 Å². The fourth-order valence-corrected chi connectivity index (χ4v) is 3.57. The summed E-state index contributed by atoms with van der Waals surface area (Å²) in [6.07, 6.45) is 7.61. The van der Waals surface area contributed by atoms with Crippen molar-refractivity contribution in [2.24, 2.45) is 11.8 Å². The Morgan fingerprint density at radius 3 is 2.37 bits per heavy atom. The van der Waals surface area contributed by atoms with Crippen LogP contribution in [0.15, 0.2) is 18.5 Å². The molecule has 3 heterocycles.